The lowest BCUT2D eigenvalue weighted by Crippen LogP contribution is -2.28. The van der Waals surface area contributed by atoms with Gasteiger partial charge in [0.15, 0.2) is 0 Å². The molecular formula is C15H33NO. The van der Waals surface area contributed by atoms with E-state index >= 15 is 0 Å². The Kier molecular flexibility index (Phi) is 13.9. The zero-order valence-corrected chi connectivity index (χ0v) is 12.0. The predicted molar refractivity (Wildman–Crippen MR) is 76.1 cm³/mol. The molecule has 0 spiro atoms. The van der Waals surface area contributed by atoms with E-state index in [9.17, 15) is 5.11 Å². The van der Waals surface area contributed by atoms with Crippen LogP contribution in [-0.4, -0.2) is 17.9 Å². The van der Waals surface area contributed by atoms with Gasteiger partial charge in [-0.15, -0.1) is 0 Å². The summed E-state index contributed by atoms with van der Waals surface area (Å²) in [6.07, 6.45) is 14.2. The van der Waals surface area contributed by atoms with Crippen LogP contribution in [0.1, 0.15) is 84.5 Å². The van der Waals surface area contributed by atoms with E-state index in [2.05, 4.69) is 12.2 Å². The van der Waals surface area contributed by atoms with Gasteiger partial charge in [-0.2, -0.15) is 0 Å². The first-order valence-corrected chi connectivity index (χ1v) is 7.72. The Balaban J connectivity index is 2.94. The molecule has 0 heterocycles. The van der Waals surface area contributed by atoms with Crippen LogP contribution in [0.3, 0.4) is 0 Å². The number of aliphatic hydroxyl groups excluding tert-OH is 1. The standard InChI is InChI=1S/C15H33NO/c1-3-5-6-7-8-9-10-11-12-13-14-16-15(17)4-2/h15-17H,3-14H2,1-2H3. The van der Waals surface area contributed by atoms with Gasteiger partial charge in [0, 0.05) is 0 Å². The van der Waals surface area contributed by atoms with Crippen molar-refractivity contribution in [2.45, 2.75) is 90.7 Å². The van der Waals surface area contributed by atoms with Crippen LogP contribution in [0.25, 0.3) is 0 Å². The van der Waals surface area contributed by atoms with Crippen molar-refractivity contribution in [1.82, 2.24) is 5.32 Å². The molecule has 0 aliphatic carbocycles. The summed E-state index contributed by atoms with van der Waals surface area (Å²) in [4.78, 5) is 0. The van der Waals surface area contributed by atoms with Gasteiger partial charge >= 0.3 is 0 Å². The first-order chi connectivity index (χ1) is 8.31. The number of rotatable bonds is 13. The van der Waals surface area contributed by atoms with Gasteiger partial charge in [-0.25, -0.2) is 0 Å². The topological polar surface area (TPSA) is 32.3 Å². The molecule has 0 aliphatic rings. The molecule has 1 atom stereocenters. The van der Waals surface area contributed by atoms with Crippen LogP contribution in [0.15, 0.2) is 0 Å². The van der Waals surface area contributed by atoms with E-state index in [1.165, 1.54) is 64.2 Å². The number of hydrogen-bond donors (Lipinski definition) is 2. The number of nitrogens with one attached hydrogen (secondary N) is 1. The second-order valence-corrected chi connectivity index (χ2v) is 5.06. The molecule has 0 aliphatic heterocycles. The Labute approximate surface area is 108 Å². The fraction of sp³-hybridized carbons (Fsp3) is 1.00. The van der Waals surface area contributed by atoms with Crippen LogP contribution in [0.2, 0.25) is 0 Å². The lowest BCUT2D eigenvalue weighted by atomic mass is 10.1. The van der Waals surface area contributed by atoms with Crippen molar-refractivity contribution in [3.63, 3.8) is 0 Å². The average Bonchev–Trinajstić information content (AvgIpc) is 2.35. The molecule has 2 N–H and O–H groups in total. The molecule has 0 radical (unpaired) electrons. The highest BCUT2D eigenvalue weighted by Crippen LogP contribution is 2.10. The fourth-order valence-electron chi connectivity index (χ4n) is 2.03. The zero-order chi connectivity index (χ0) is 12.8. The number of hydrogen-bond acceptors (Lipinski definition) is 2. The van der Waals surface area contributed by atoms with Gasteiger partial charge in [-0.1, -0.05) is 71.6 Å². The molecule has 0 saturated heterocycles. The normalized spacial score (nSPS) is 12.9. The minimum atomic E-state index is -0.298. The van der Waals surface area contributed by atoms with E-state index in [0.717, 1.165) is 13.0 Å². The summed E-state index contributed by atoms with van der Waals surface area (Å²) in [6.45, 7) is 5.23. The lowest BCUT2D eigenvalue weighted by Gasteiger charge is -2.09. The van der Waals surface area contributed by atoms with Gasteiger partial charge in [0.05, 0.1) is 0 Å². The van der Waals surface area contributed by atoms with Crippen LogP contribution < -0.4 is 5.32 Å². The maximum Gasteiger partial charge on any atom is 0.104 e. The Hall–Kier alpha value is -0.0800. The average molecular weight is 243 g/mol. The monoisotopic (exact) mass is 243 g/mol. The smallest absolute Gasteiger partial charge is 0.104 e. The van der Waals surface area contributed by atoms with Gasteiger partial charge in [0.1, 0.15) is 6.23 Å². The highest BCUT2D eigenvalue weighted by atomic mass is 16.3. The van der Waals surface area contributed by atoms with Crippen LogP contribution in [0, 0.1) is 0 Å². The van der Waals surface area contributed by atoms with Crippen LogP contribution in [-0.2, 0) is 0 Å². The summed E-state index contributed by atoms with van der Waals surface area (Å²) in [6, 6.07) is 0. The summed E-state index contributed by atoms with van der Waals surface area (Å²) in [5.41, 5.74) is 0. The summed E-state index contributed by atoms with van der Waals surface area (Å²) >= 11 is 0. The van der Waals surface area contributed by atoms with E-state index in [4.69, 9.17) is 0 Å². The van der Waals surface area contributed by atoms with Crippen molar-refractivity contribution in [2.75, 3.05) is 6.54 Å². The molecule has 0 rings (SSSR count). The zero-order valence-electron chi connectivity index (χ0n) is 12.0. The second-order valence-electron chi connectivity index (χ2n) is 5.06. The molecule has 0 fully saturated rings. The summed E-state index contributed by atoms with van der Waals surface area (Å²) in [5.74, 6) is 0. The summed E-state index contributed by atoms with van der Waals surface area (Å²) < 4.78 is 0. The van der Waals surface area contributed by atoms with Crippen molar-refractivity contribution in [2.24, 2.45) is 0 Å². The molecule has 17 heavy (non-hydrogen) atoms. The third-order valence-corrected chi connectivity index (χ3v) is 3.30. The van der Waals surface area contributed by atoms with Crippen molar-refractivity contribution >= 4 is 0 Å². The maximum atomic E-state index is 9.29. The Morgan fingerprint density at radius 2 is 1.24 bits per heavy atom. The van der Waals surface area contributed by atoms with Gasteiger partial charge in [-0.05, 0) is 19.4 Å². The van der Waals surface area contributed by atoms with Gasteiger partial charge in [-0.3, -0.25) is 5.32 Å². The quantitative estimate of drug-likeness (QED) is 0.375. The molecule has 104 valence electrons. The van der Waals surface area contributed by atoms with E-state index in [1.54, 1.807) is 0 Å². The Bertz CT molecular complexity index is 139. The number of unbranched alkanes of at least 4 members (excludes halogenated alkanes) is 9. The minimum absolute atomic E-state index is 0.298. The second kappa shape index (κ2) is 14.0. The maximum absolute atomic E-state index is 9.29. The third kappa shape index (κ3) is 13.9. The van der Waals surface area contributed by atoms with Crippen LogP contribution in [0.5, 0.6) is 0 Å². The third-order valence-electron chi connectivity index (χ3n) is 3.30. The highest BCUT2D eigenvalue weighted by Gasteiger charge is 1.97. The van der Waals surface area contributed by atoms with Gasteiger partial charge < -0.3 is 5.11 Å². The predicted octanol–water partition coefficient (Wildman–Crippen LogP) is 4.23. The number of aliphatic hydroxyl groups is 1. The summed E-state index contributed by atoms with van der Waals surface area (Å²) in [5, 5.41) is 12.4. The van der Waals surface area contributed by atoms with Gasteiger partial charge in [0.25, 0.3) is 0 Å². The van der Waals surface area contributed by atoms with E-state index in [1.807, 2.05) is 6.92 Å². The first-order valence-electron chi connectivity index (χ1n) is 7.72. The molecule has 1 unspecified atom stereocenters. The van der Waals surface area contributed by atoms with Gasteiger partial charge in [0.2, 0.25) is 0 Å². The summed E-state index contributed by atoms with van der Waals surface area (Å²) in [7, 11) is 0. The van der Waals surface area contributed by atoms with Crippen LogP contribution in [0.4, 0.5) is 0 Å². The Morgan fingerprint density at radius 1 is 0.765 bits per heavy atom. The molecule has 2 heteroatoms. The molecule has 0 aromatic carbocycles. The molecule has 0 saturated carbocycles. The molecule has 0 bridgehead atoms. The van der Waals surface area contributed by atoms with Crippen molar-refractivity contribution in [3.05, 3.63) is 0 Å². The van der Waals surface area contributed by atoms with E-state index in [0.29, 0.717) is 0 Å². The molecule has 0 aromatic heterocycles. The van der Waals surface area contributed by atoms with Crippen molar-refractivity contribution in [1.29, 1.82) is 0 Å². The molecule has 0 aromatic rings. The minimum Gasteiger partial charge on any atom is -0.379 e. The Morgan fingerprint density at radius 3 is 1.71 bits per heavy atom. The SMILES string of the molecule is CCCCCCCCCCCCNC(O)CC. The molecule has 0 amide bonds. The first kappa shape index (κ1) is 16.9. The van der Waals surface area contributed by atoms with Crippen LogP contribution >= 0.6 is 0 Å². The largest absolute Gasteiger partial charge is 0.379 e. The lowest BCUT2D eigenvalue weighted by molar-refractivity contribution is 0.133. The fourth-order valence-corrected chi connectivity index (χ4v) is 2.03. The van der Waals surface area contributed by atoms with E-state index in [-0.39, 0.29) is 6.23 Å². The van der Waals surface area contributed by atoms with Crippen molar-refractivity contribution < 1.29 is 5.11 Å². The molecular weight excluding hydrogens is 210 g/mol. The molecule has 2 nitrogen and oxygen atoms in total. The van der Waals surface area contributed by atoms with Crippen molar-refractivity contribution in [3.8, 4) is 0 Å². The highest BCUT2D eigenvalue weighted by molar-refractivity contribution is 4.52. The van der Waals surface area contributed by atoms with E-state index < -0.39 is 0 Å².